The summed E-state index contributed by atoms with van der Waals surface area (Å²) < 4.78 is 26.7. The monoisotopic (exact) mass is 551 g/mol. The standard InChI is InChI=1S/C28H33N5O5S/c1-20(34)25(9-5-8-21-6-3-2-4-7-21)33-27-24(19-29-33)28(35)31-26(30-27)18-22-10-12-23(13-11-22)38-39(36)32-14-16-37-17-15-32/h2-4,6-7,10-13,19-20,25,34H,5,8-9,14-18H2,1H3,(H,30,31,35). The van der Waals surface area contributed by atoms with Gasteiger partial charge < -0.3 is 19.0 Å². The van der Waals surface area contributed by atoms with Gasteiger partial charge in [-0.3, -0.25) is 4.79 Å². The summed E-state index contributed by atoms with van der Waals surface area (Å²) in [6, 6.07) is 17.1. The molecule has 39 heavy (non-hydrogen) atoms. The fourth-order valence-electron chi connectivity index (χ4n) is 4.72. The predicted octanol–water partition coefficient (Wildman–Crippen LogP) is 2.94. The SMILES string of the molecule is CC(O)C(CCCc1ccccc1)n1ncc2c(=O)[nH]c(Cc3ccc(OS(=O)N4CCOCC4)cc3)nc21. The summed E-state index contributed by atoms with van der Waals surface area (Å²) in [5, 5.41) is 15.4. The number of nitrogens with zero attached hydrogens (tertiary/aromatic N) is 4. The van der Waals surface area contributed by atoms with Gasteiger partial charge in [0.1, 0.15) is 17.0 Å². The second-order valence-corrected chi connectivity index (χ2v) is 10.8. The summed E-state index contributed by atoms with van der Waals surface area (Å²) in [5.41, 5.74) is 2.34. The smallest absolute Gasteiger partial charge is 0.290 e. The average molecular weight is 552 g/mol. The van der Waals surface area contributed by atoms with Crippen LogP contribution in [0.5, 0.6) is 5.75 Å². The minimum absolute atomic E-state index is 0.268. The lowest BCUT2D eigenvalue weighted by atomic mass is 10.0. The summed E-state index contributed by atoms with van der Waals surface area (Å²) in [6.45, 7) is 3.93. The van der Waals surface area contributed by atoms with E-state index in [2.05, 4.69) is 22.2 Å². The van der Waals surface area contributed by atoms with Gasteiger partial charge in [0.25, 0.3) is 16.8 Å². The molecule has 0 spiro atoms. The van der Waals surface area contributed by atoms with Gasteiger partial charge in [-0.15, -0.1) is 0 Å². The molecule has 2 aromatic heterocycles. The molecule has 3 heterocycles. The number of hydrogen-bond acceptors (Lipinski definition) is 7. The van der Waals surface area contributed by atoms with Crippen LogP contribution >= 0.6 is 0 Å². The first kappa shape index (κ1) is 27.2. The lowest BCUT2D eigenvalue weighted by Crippen LogP contribution is -2.39. The van der Waals surface area contributed by atoms with Crippen LogP contribution in [0, 0.1) is 0 Å². The molecule has 2 aromatic carbocycles. The first-order valence-electron chi connectivity index (χ1n) is 13.2. The highest BCUT2D eigenvalue weighted by Gasteiger charge is 2.22. The molecule has 5 rings (SSSR count). The highest BCUT2D eigenvalue weighted by Crippen LogP contribution is 2.23. The molecule has 1 aliphatic rings. The van der Waals surface area contributed by atoms with Gasteiger partial charge in [-0.25, -0.2) is 9.67 Å². The molecule has 206 valence electrons. The van der Waals surface area contributed by atoms with Crippen LogP contribution in [0.15, 0.2) is 65.6 Å². The molecule has 4 aromatic rings. The van der Waals surface area contributed by atoms with Crippen molar-refractivity contribution in [3.05, 3.63) is 88.1 Å². The first-order valence-corrected chi connectivity index (χ1v) is 14.2. The molecule has 0 radical (unpaired) electrons. The van der Waals surface area contributed by atoms with Crippen LogP contribution in [0.25, 0.3) is 11.0 Å². The van der Waals surface area contributed by atoms with Crippen LogP contribution < -0.4 is 9.74 Å². The van der Waals surface area contributed by atoms with Gasteiger partial charge >= 0.3 is 0 Å². The maximum Gasteiger partial charge on any atom is 0.290 e. The molecule has 3 unspecified atom stereocenters. The number of aliphatic hydroxyl groups is 1. The minimum atomic E-state index is -1.58. The Morgan fingerprint density at radius 2 is 1.85 bits per heavy atom. The summed E-state index contributed by atoms with van der Waals surface area (Å²) >= 11 is -1.58. The van der Waals surface area contributed by atoms with Crippen molar-refractivity contribution in [2.45, 2.75) is 44.8 Å². The zero-order chi connectivity index (χ0) is 27.2. The Bertz CT molecular complexity index is 1450. The normalized spacial score (nSPS) is 16.7. The number of benzene rings is 2. The second-order valence-electron chi connectivity index (χ2n) is 9.69. The lowest BCUT2D eigenvalue weighted by molar-refractivity contribution is 0.0728. The fraction of sp³-hybridized carbons (Fsp3) is 0.393. The Labute approximate surface area is 229 Å². The molecular weight excluding hydrogens is 518 g/mol. The quantitative estimate of drug-likeness (QED) is 0.294. The van der Waals surface area contributed by atoms with Crippen molar-refractivity contribution < 1.29 is 18.2 Å². The van der Waals surface area contributed by atoms with E-state index in [1.807, 2.05) is 30.3 Å². The number of aromatic nitrogens is 4. The van der Waals surface area contributed by atoms with E-state index in [0.717, 1.165) is 18.4 Å². The van der Waals surface area contributed by atoms with E-state index in [9.17, 15) is 14.1 Å². The Balaban J connectivity index is 1.29. The third-order valence-corrected chi connectivity index (χ3v) is 7.96. The zero-order valence-electron chi connectivity index (χ0n) is 21.9. The van der Waals surface area contributed by atoms with E-state index in [0.29, 0.717) is 61.8 Å². The van der Waals surface area contributed by atoms with E-state index in [-0.39, 0.29) is 11.6 Å². The number of aliphatic hydroxyl groups excluding tert-OH is 1. The number of fused-ring (bicyclic) bond motifs is 1. The number of ether oxygens (including phenoxy) is 1. The van der Waals surface area contributed by atoms with Gasteiger partial charge in [-0.05, 0) is 49.4 Å². The molecule has 0 bridgehead atoms. The average Bonchev–Trinajstić information content (AvgIpc) is 3.37. The van der Waals surface area contributed by atoms with E-state index >= 15 is 0 Å². The molecule has 1 fully saturated rings. The van der Waals surface area contributed by atoms with Crippen LogP contribution in [0.1, 0.15) is 42.8 Å². The summed E-state index contributed by atoms with van der Waals surface area (Å²) in [4.78, 5) is 20.4. The summed E-state index contributed by atoms with van der Waals surface area (Å²) in [6.07, 6.45) is 3.68. The molecule has 0 aliphatic carbocycles. The summed E-state index contributed by atoms with van der Waals surface area (Å²) in [7, 11) is 0. The van der Waals surface area contributed by atoms with E-state index in [4.69, 9.17) is 13.9 Å². The fourth-order valence-corrected chi connectivity index (χ4v) is 5.55. The van der Waals surface area contributed by atoms with Crippen molar-refractivity contribution >= 4 is 22.3 Å². The third kappa shape index (κ3) is 6.80. The van der Waals surface area contributed by atoms with E-state index in [1.54, 1.807) is 28.0 Å². The van der Waals surface area contributed by atoms with Crippen LogP contribution in [0.2, 0.25) is 0 Å². The van der Waals surface area contributed by atoms with Crippen molar-refractivity contribution in [3.63, 3.8) is 0 Å². The van der Waals surface area contributed by atoms with Crippen molar-refractivity contribution in [3.8, 4) is 5.75 Å². The Morgan fingerprint density at radius 1 is 1.10 bits per heavy atom. The van der Waals surface area contributed by atoms with Crippen molar-refractivity contribution in [1.82, 2.24) is 24.1 Å². The van der Waals surface area contributed by atoms with Gasteiger partial charge in [0.05, 0.1) is 31.6 Å². The number of aryl methyl sites for hydroxylation is 1. The van der Waals surface area contributed by atoms with Crippen LogP contribution in [-0.2, 0) is 28.8 Å². The Hall–Kier alpha value is -3.38. The van der Waals surface area contributed by atoms with E-state index in [1.165, 1.54) is 11.8 Å². The highest BCUT2D eigenvalue weighted by molar-refractivity contribution is 7.78. The molecule has 0 amide bonds. The van der Waals surface area contributed by atoms with Gasteiger partial charge in [0.15, 0.2) is 5.65 Å². The number of hydrogen-bond donors (Lipinski definition) is 2. The lowest BCUT2D eigenvalue weighted by Gasteiger charge is -2.24. The largest absolute Gasteiger partial charge is 0.391 e. The second kappa shape index (κ2) is 12.6. The number of morpholine rings is 1. The molecule has 2 N–H and O–H groups in total. The van der Waals surface area contributed by atoms with E-state index < -0.39 is 17.4 Å². The third-order valence-electron chi connectivity index (χ3n) is 6.83. The van der Waals surface area contributed by atoms with Crippen LogP contribution in [0.4, 0.5) is 0 Å². The van der Waals surface area contributed by atoms with Gasteiger partial charge in [-0.2, -0.15) is 13.6 Å². The maximum absolute atomic E-state index is 12.8. The number of aromatic amines is 1. The molecule has 0 saturated carbocycles. The zero-order valence-corrected chi connectivity index (χ0v) is 22.7. The van der Waals surface area contributed by atoms with Gasteiger partial charge in [-0.1, -0.05) is 42.5 Å². The molecule has 1 saturated heterocycles. The predicted molar refractivity (Wildman–Crippen MR) is 149 cm³/mol. The van der Waals surface area contributed by atoms with Crippen LogP contribution in [0.3, 0.4) is 0 Å². The Morgan fingerprint density at radius 3 is 2.56 bits per heavy atom. The minimum Gasteiger partial charge on any atom is -0.391 e. The van der Waals surface area contributed by atoms with Gasteiger partial charge in [0, 0.05) is 19.5 Å². The maximum atomic E-state index is 12.8. The summed E-state index contributed by atoms with van der Waals surface area (Å²) in [5.74, 6) is 0.988. The molecule has 10 nitrogen and oxygen atoms in total. The van der Waals surface area contributed by atoms with Crippen molar-refractivity contribution in [2.75, 3.05) is 26.3 Å². The van der Waals surface area contributed by atoms with Crippen molar-refractivity contribution in [2.24, 2.45) is 0 Å². The molecular formula is C28H33N5O5S. The van der Waals surface area contributed by atoms with Crippen molar-refractivity contribution in [1.29, 1.82) is 0 Å². The molecule has 11 heteroatoms. The highest BCUT2D eigenvalue weighted by atomic mass is 32.2. The number of nitrogens with one attached hydrogen (secondary N) is 1. The Kier molecular flexibility index (Phi) is 8.82. The van der Waals surface area contributed by atoms with Gasteiger partial charge in [0.2, 0.25) is 0 Å². The molecule has 3 atom stereocenters. The topological polar surface area (TPSA) is 123 Å². The van der Waals surface area contributed by atoms with Crippen LogP contribution in [-0.4, -0.2) is 65.8 Å². The number of rotatable bonds is 11. The molecule has 1 aliphatic heterocycles. The number of H-pyrrole nitrogens is 1. The first-order chi connectivity index (χ1) is 19.0.